The van der Waals surface area contributed by atoms with Gasteiger partial charge in [-0.05, 0) is 40.5 Å². The first-order valence-electron chi connectivity index (χ1n) is 13.4. The number of benzene rings is 4. The summed E-state index contributed by atoms with van der Waals surface area (Å²) in [5, 5.41) is 4.43. The number of hydrogen-bond donors (Lipinski definition) is 0. The van der Waals surface area contributed by atoms with Gasteiger partial charge in [0, 0.05) is 61.2 Å². The van der Waals surface area contributed by atoms with Gasteiger partial charge >= 0.3 is 0 Å². The van der Waals surface area contributed by atoms with E-state index in [1.165, 1.54) is 0 Å². The molecule has 0 unspecified atom stereocenters. The molecule has 0 aliphatic heterocycles. The summed E-state index contributed by atoms with van der Waals surface area (Å²) < 4.78 is 6.48. The van der Waals surface area contributed by atoms with E-state index in [0.29, 0.717) is 0 Å². The van der Waals surface area contributed by atoms with Gasteiger partial charge in [-0.2, -0.15) is 0 Å². The fourth-order valence-corrected chi connectivity index (χ4v) is 5.10. The van der Waals surface area contributed by atoms with Crippen molar-refractivity contribution in [3.8, 4) is 33.6 Å². The van der Waals surface area contributed by atoms with Crippen LogP contribution < -0.4 is 0 Å². The van der Waals surface area contributed by atoms with Crippen molar-refractivity contribution >= 4 is 32.7 Å². The maximum atomic E-state index is 6.48. The second-order valence-electron chi connectivity index (χ2n) is 9.49. The Morgan fingerprint density at radius 1 is 0.524 bits per heavy atom. The maximum Gasteiger partial charge on any atom is 0.128 e. The third-order valence-corrected chi connectivity index (χ3v) is 7.00. The number of para-hydroxylation sites is 1. The molecule has 4 heterocycles. The van der Waals surface area contributed by atoms with Gasteiger partial charge in [-0.3, -0.25) is 4.98 Å². The summed E-state index contributed by atoms with van der Waals surface area (Å²) in [4.78, 5) is 13.0. The summed E-state index contributed by atoms with van der Waals surface area (Å²) >= 11 is 0. The summed E-state index contributed by atoms with van der Waals surface area (Å²) in [6.45, 7) is 0. The zero-order valence-corrected chi connectivity index (χ0v) is 24.8. The van der Waals surface area contributed by atoms with Crippen LogP contribution in [0.4, 0.5) is 0 Å². The van der Waals surface area contributed by atoms with Gasteiger partial charge in [-0.15, -0.1) is 54.1 Å². The van der Waals surface area contributed by atoms with Crippen LogP contribution in [0.1, 0.15) is 0 Å². The minimum Gasteiger partial charge on any atom is -0.500 e. The van der Waals surface area contributed by atoms with Gasteiger partial charge in [0.15, 0.2) is 0 Å². The second kappa shape index (κ2) is 12.3. The molecule has 0 aliphatic carbocycles. The SMILES string of the molecule is [Ir].[c-]1ccc2c(oc3c(-c4cccc5ccncc45)cccc32)c1-c1ccccn1.[c-]1ccccc1-c1ccccn1. The van der Waals surface area contributed by atoms with Gasteiger partial charge < -0.3 is 14.4 Å². The normalized spacial score (nSPS) is 10.7. The monoisotopic (exact) mass is 718 g/mol. The summed E-state index contributed by atoms with van der Waals surface area (Å²) in [5.74, 6) is 0. The van der Waals surface area contributed by atoms with E-state index in [-0.39, 0.29) is 20.1 Å². The van der Waals surface area contributed by atoms with Crippen LogP contribution >= 0.6 is 0 Å². The van der Waals surface area contributed by atoms with Crippen LogP contribution in [0.15, 0.2) is 144 Å². The van der Waals surface area contributed by atoms with E-state index in [0.717, 1.165) is 66.4 Å². The molecular weight excluding hydrogens is 695 g/mol. The number of aromatic nitrogens is 3. The average Bonchev–Trinajstić information content (AvgIpc) is 3.45. The van der Waals surface area contributed by atoms with Gasteiger partial charge in [0.05, 0.1) is 5.58 Å². The number of furan rings is 1. The minimum atomic E-state index is 0. The third-order valence-electron chi connectivity index (χ3n) is 7.00. The third kappa shape index (κ3) is 5.24. The van der Waals surface area contributed by atoms with E-state index in [9.17, 15) is 0 Å². The van der Waals surface area contributed by atoms with Crippen molar-refractivity contribution in [1.82, 2.24) is 15.0 Å². The fraction of sp³-hybridized carbons (Fsp3) is 0. The number of fused-ring (bicyclic) bond motifs is 4. The Morgan fingerprint density at radius 3 is 2.07 bits per heavy atom. The van der Waals surface area contributed by atoms with E-state index in [4.69, 9.17) is 4.42 Å². The van der Waals surface area contributed by atoms with Crippen LogP contribution in [0.25, 0.3) is 66.4 Å². The Morgan fingerprint density at radius 2 is 1.29 bits per heavy atom. The molecule has 0 saturated heterocycles. The van der Waals surface area contributed by atoms with Crippen LogP contribution in [0.3, 0.4) is 0 Å². The van der Waals surface area contributed by atoms with Crippen LogP contribution in [0.2, 0.25) is 0 Å². The summed E-state index contributed by atoms with van der Waals surface area (Å²) in [5.41, 5.74) is 7.60. The molecule has 0 saturated carbocycles. The fourth-order valence-electron chi connectivity index (χ4n) is 5.10. The van der Waals surface area contributed by atoms with Gasteiger partial charge in [-0.1, -0.05) is 71.6 Å². The molecule has 0 bridgehead atoms. The Kier molecular flexibility index (Phi) is 7.96. The Balaban J connectivity index is 0.000000205. The van der Waals surface area contributed by atoms with Crippen molar-refractivity contribution in [2.24, 2.45) is 0 Å². The molecular formula is C37H23IrN3O-2. The van der Waals surface area contributed by atoms with Gasteiger partial charge in [-0.25, -0.2) is 0 Å². The standard InChI is InChI=1S/C26H15N2O.C11H8N.Ir/c1-2-14-28-24(12-1)22-11-5-10-21-20-9-4-8-19(25(20)29-26(21)22)18-7-3-6-17-13-15-27-16-23(17)18;1-2-6-10(7-3-1)11-8-4-5-9-12-11;/h1-10,12-16H;1-6,8-9H;/q2*-1;. The summed E-state index contributed by atoms with van der Waals surface area (Å²) in [7, 11) is 0. The van der Waals surface area contributed by atoms with Crippen LogP contribution in [-0.2, 0) is 20.1 Å². The Hall–Kier alpha value is -4.96. The number of rotatable bonds is 3. The maximum absolute atomic E-state index is 6.48. The number of pyridine rings is 3. The quantitative estimate of drug-likeness (QED) is 0.171. The van der Waals surface area contributed by atoms with Crippen molar-refractivity contribution < 1.29 is 24.5 Å². The average molecular weight is 718 g/mol. The van der Waals surface area contributed by atoms with Crippen molar-refractivity contribution in [3.05, 3.63) is 152 Å². The van der Waals surface area contributed by atoms with E-state index < -0.39 is 0 Å². The Bertz CT molecular complexity index is 2050. The van der Waals surface area contributed by atoms with Gasteiger partial charge in [0.2, 0.25) is 0 Å². The molecule has 42 heavy (non-hydrogen) atoms. The van der Waals surface area contributed by atoms with E-state index in [1.54, 1.807) is 12.4 Å². The molecule has 0 aliphatic rings. The molecule has 0 spiro atoms. The Labute approximate surface area is 257 Å². The molecule has 0 N–H and O–H groups in total. The molecule has 8 rings (SSSR count). The first-order chi connectivity index (χ1) is 20.4. The smallest absolute Gasteiger partial charge is 0.128 e. The zero-order chi connectivity index (χ0) is 27.4. The predicted octanol–water partition coefficient (Wildman–Crippen LogP) is 9.21. The van der Waals surface area contributed by atoms with E-state index >= 15 is 0 Å². The molecule has 0 amide bonds. The first kappa shape index (κ1) is 27.2. The summed E-state index contributed by atoms with van der Waals surface area (Å²) in [6, 6.07) is 44.6. The molecule has 4 nitrogen and oxygen atoms in total. The topological polar surface area (TPSA) is 51.8 Å². The van der Waals surface area contributed by atoms with E-state index in [1.807, 2.05) is 85.2 Å². The first-order valence-corrected chi connectivity index (χ1v) is 13.4. The molecule has 4 aromatic carbocycles. The van der Waals surface area contributed by atoms with Crippen LogP contribution in [-0.4, -0.2) is 15.0 Å². The summed E-state index contributed by atoms with van der Waals surface area (Å²) in [6.07, 6.45) is 7.32. The van der Waals surface area contributed by atoms with Crippen molar-refractivity contribution in [2.45, 2.75) is 0 Å². The van der Waals surface area contributed by atoms with Crippen LogP contribution in [0.5, 0.6) is 0 Å². The van der Waals surface area contributed by atoms with Crippen molar-refractivity contribution in [3.63, 3.8) is 0 Å². The van der Waals surface area contributed by atoms with Gasteiger partial charge in [0.1, 0.15) is 5.58 Å². The number of hydrogen-bond acceptors (Lipinski definition) is 4. The minimum absolute atomic E-state index is 0. The zero-order valence-electron chi connectivity index (χ0n) is 22.4. The van der Waals surface area contributed by atoms with Gasteiger partial charge in [0.25, 0.3) is 0 Å². The molecule has 4 aromatic heterocycles. The molecule has 8 aromatic rings. The number of nitrogens with zero attached hydrogens (tertiary/aromatic N) is 3. The largest absolute Gasteiger partial charge is 0.500 e. The van der Waals surface area contributed by atoms with Crippen LogP contribution in [0, 0.1) is 12.1 Å². The molecule has 1 radical (unpaired) electrons. The van der Waals surface area contributed by atoms with Crippen molar-refractivity contribution in [1.29, 1.82) is 0 Å². The molecule has 203 valence electrons. The van der Waals surface area contributed by atoms with E-state index in [2.05, 4.69) is 69.5 Å². The predicted molar refractivity (Wildman–Crippen MR) is 165 cm³/mol. The van der Waals surface area contributed by atoms with Crippen molar-refractivity contribution in [2.75, 3.05) is 0 Å². The second-order valence-corrected chi connectivity index (χ2v) is 9.49. The molecule has 0 fully saturated rings. The molecule has 5 heteroatoms. The molecule has 0 atom stereocenters.